The van der Waals surface area contributed by atoms with Crippen molar-refractivity contribution in [2.75, 3.05) is 6.61 Å². The third-order valence-electron chi connectivity index (χ3n) is 3.94. The van der Waals surface area contributed by atoms with E-state index in [0.717, 1.165) is 6.42 Å². The van der Waals surface area contributed by atoms with E-state index in [-0.39, 0.29) is 11.9 Å². The lowest BCUT2D eigenvalue weighted by molar-refractivity contribution is -0.225. The molecule has 0 N–H and O–H groups in total. The van der Waals surface area contributed by atoms with Gasteiger partial charge in [0.15, 0.2) is 0 Å². The Morgan fingerprint density at radius 1 is 1.18 bits per heavy atom. The Morgan fingerprint density at radius 2 is 1.82 bits per heavy atom. The van der Waals surface area contributed by atoms with Crippen molar-refractivity contribution in [3.8, 4) is 11.8 Å². The number of nitriles is 1. The molecule has 2 rings (SSSR count). The van der Waals surface area contributed by atoms with E-state index in [1.165, 1.54) is 24.3 Å². The summed E-state index contributed by atoms with van der Waals surface area (Å²) in [4.78, 5) is 0. The summed E-state index contributed by atoms with van der Waals surface area (Å²) in [5.74, 6) is -0.696. The Hall–Kier alpha value is -1.67. The van der Waals surface area contributed by atoms with E-state index in [1.807, 2.05) is 13.0 Å². The number of nitrogens with zero attached hydrogens (tertiary/aromatic N) is 1. The van der Waals surface area contributed by atoms with Crippen LogP contribution in [0.2, 0.25) is 0 Å². The van der Waals surface area contributed by atoms with Gasteiger partial charge >= 0.3 is 6.11 Å². The van der Waals surface area contributed by atoms with Crippen molar-refractivity contribution >= 4 is 0 Å². The molecule has 1 saturated carbocycles. The highest BCUT2D eigenvalue weighted by Crippen LogP contribution is 2.38. The van der Waals surface area contributed by atoms with Crippen LogP contribution in [0.3, 0.4) is 0 Å². The zero-order valence-corrected chi connectivity index (χ0v) is 12.7. The first-order chi connectivity index (χ1) is 10.5. The average Bonchev–Trinajstić information content (AvgIpc) is 2.53. The number of ether oxygens (including phenoxy) is 2. The van der Waals surface area contributed by atoms with Crippen LogP contribution in [0.25, 0.3) is 0 Å². The Bertz CT molecular complexity index is 502. The maximum atomic E-state index is 14.2. The summed E-state index contributed by atoms with van der Waals surface area (Å²) in [5, 5.41) is 8.70. The fraction of sp³-hybridized carbons (Fsp3) is 0.588. The zero-order valence-electron chi connectivity index (χ0n) is 12.7. The maximum Gasteiger partial charge on any atom is 0.400 e. The summed E-state index contributed by atoms with van der Waals surface area (Å²) >= 11 is 0. The lowest BCUT2D eigenvalue weighted by atomic mass is 9.86. The molecule has 0 bridgehead atoms. The molecular weight excluding hydrogens is 288 g/mol. The quantitative estimate of drug-likeness (QED) is 0.776. The largest absolute Gasteiger partial charge is 0.432 e. The molecule has 5 heteroatoms. The molecule has 0 radical (unpaired) electrons. The van der Waals surface area contributed by atoms with Crippen molar-refractivity contribution in [1.82, 2.24) is 0 Å². The highest BCUT2D eigenvalue weighted by molar-refractivity contribution is 5.34. The minimum Gasteiger partial charge on any atom is -0.432 e. The van der Waals surface area contributed by atoms with Gasteiger partial charge in [0.05, 0.1) is 23.7 Å². The number of benzene rings is 1. The number of halogens is 2. The van der Waals surface area contributed by atoms with Crippen molar-refractivity contribution in [2.45, 2.75) is 51.2 Å². The molecule has 22 heavy (non-hydrogen) atoms. The normalized spacial score (nSPS) is 22.1. The number of rotatable bonds is 6. The van der Waals surface area contributed by atoms with Crippen molar-refractivity contribution in [3.63, 3.8) is 0 Å². The summed E-state index contributed by atoms with van der Waals surface area (Å²) < 4.78 is 39.0. The van der Waals surface area contributed by atoms with Gasteiger partial charge in [-0.05, 0) is 56.4 Å². The molecule has 1 aromatic carbocycles. The molecule has 0 saturated heterocycles. The average molecular weight is 309 g/mol. The smallest absolute Gasteiger partial charge is 0.400 e. The molecule has 120 valence electrons. The van der Waals surface area contributed by atoms with Gasteiger partial charge in [0.2, 0.25) is 0 Å². The highest BCUT2D eigenvalue weighted by Gasteiger charge is 2.44. The molecule has 0 amide bonds. The van der Waals surface area contributed by atoms with E-state index in [0.29, 0.717) is 37.9 Å². The SMILES string of the molecule is CCCOC1CCC(C(F)(F)Oc2ccc(C#N)cc2)CC1. The predicted octanol–water partition coefficient (Wildman–Crippen LogP) is 4.52. The molecule has 1 aromatic rings. The van der Waals surface area contributed by atoms with E-state index in [4.69, 9.17) is 14.7 Å². The van der Waals surface area contributed by atoms with Crippen molar-refractivity contribution in [3.05, 3.63) is 29.8 Å². The van der Waals surface area contributed by atoms with Crippen LogP contribution in [-0.4, -0.2) is 18.8 Å². The van der Waals surface area contributed by atoms with Gasteiger partial charge in [0.1, 0.15) is 5.75 Å². The Kier molecular flexibility index (Phi) is 5.73. The van der Waals surface area contributed by atoms with Gasteiger partial charge in [0, 0.05) is 6.61 Å². The number of hydrogen-bond acceptors (Lipinski definition) is 3. The maximum absolute atomic E-state index is 14.2. The second kappa shape index (κ2) is 7.55. The van der Waals surface area contributed by atoms with Crippen LogP contribution in [0.4, 0.5) is 8.78 Å². The van der Waals surface area contributed by atoms with Gasteiger partial charge in [-0.2, -0.15) is 14.0 Å². The third kappa shape index (κ3) is 4.41. The van der Waals surface area contributed by atoms with Gasteiger partial charge in [-0.25, -0.2) is 0 Å². The minimum atomic E-state index is -3.19. The summed E-state index contributed by atoms with van der Waals surface area (Å²) in [6.07, 6.45) is -0.0488. The molecule has 3 nitrogen and oxygen atoms in total. The van der Waals surface area contributed by atoms with Gasteiger partial charge in [-0.15, -0.1) is 0 Å². The third-order valence-corrected chi connectivity index (χ3v) is 3.94. The molecule has 0 aliphatic heterocycles. The highest BCUT2D eigenvalue weighted by atomic mass is 19.3. The molecular formula is C17H21F2NO2. The fourth-order valence-electron chi connectivity index (χ4n) is 2.69. The molecule has 0 atom stereocenters. The lowest BCUT2D eigenvalue weighted by Crippen LogP contribution is -2.38. The van der Waals surface area contributed by atoms with Gasteiger partial charge in [-0.1, -0.05) is 6.92 Å². The molecule has 1 aliphatic carbocycles. The van der Waals surface area contributed by atoms with Gasteiger partial charge in [-0.3, -0.25) is 0 Å². The van der Waals surface area contributed by atoms with Crippen LogP contribution in [-0.2, 0) is 4.74 Å². The van der Waals surface area contributed by atoms with Crippen LogP contribution in [0, 0.1) is 17.2 Å². The summed E-state index contributed by atoms with van der Waals surface area (Å²) in [6, 6.07) is 7.70. The monoisotopic (exact) mass is 309 g/mol. The van der Waals surface area contributed by atoms with Crippen LogP contribution in [0.15, 0.2) is 24.3 Å². The number of hydrogen-bond donors (Lipinski definition) is 0. The molecule has 0 heterocycles. The van der Waals surface area contributed by atoms with Crippen LogP contribution < -0.4 is 4.74 Å². The Morgan fingerprint density at radius 3 is 2.36 bits per heavy atom. The van der Waals surface area contributed by atoms with Gasteiger partial charge < -0.3 is 9.47 Å². The molecule has 0 aromatic heterocycles. The van der Waals surface area contributed by atoms with E-state index < -0.39 is 12.0 Å². The first kappa shape index (κ1) is 16.7. The fourth-order valence-corrected chi connectivity index (χ4v) is 2.69. The zero-order chi connectivity index (χ0) is 16.0. The standard InChI is InChI=1S/C17H21F2NO2/c1-2-11-21-15-9-5-14(6-10-15)17(18,19)22-16-7-3-13(12-20)4-8-16/h3-4,7-8,14-15H,2,5-6,9-11H2,1H3. The first-order valence-corrected chi connectivity index (χ1v) is 7.73. The minimum absolute atomic E-state index is 0.0911. The van der Waals surface area contributed by atoms with Crippen LogP contribution >= 0.6 is 0 Å². The van der Waals surface area contributed by atoms with Crippen LogP contribution in [0.5, 0.6) is 5.75 Å². The Balaban J connectivity index is 1.89. The van der Waals surface area contributed by atoms with E-state index in [1.54, 1.807) is 0 Å². The second-order valence-electron chi connectivity index (χ2n) is 5.64. The van der Waals surface area contributed by atoms with E-state index in [9.17, 15) is 8.78 Å². The lowest BCUT2D eigenvalue weighted by Gasteiger charge is -2.33. The predicted molar refractivity (Wildman–Crippen MR) is 78.7 cm³/mol. The van der Waals surface area contributed by atoms with Gasteiger partial charge in [0.25, 0.3) is 0 Å². The molecule has 1 fully saturated rings. The van der Waals surface area contributed by atoms with Crippen molar-refractivity contribution in [1.29, 1.82) is 5.26 Å². The second-order valence-corrected chi connectivity index (χ2v) is 5.64. The molecule has 1 aliphatic rings. The Labute approximate surface area is 129 Å². The van der Waals surface area contributed by atoms with E-state index >= 15 is 0 Å². The van der Waals surface area contributed by atoms with E-state index in [2.05, 4.69) is 0 Å². The summed E-state index contributed by atoms with van der Waals surface area (Å²) in [7, 11) is 0. The first-order valence-electron chi connectivity index (χ1n) is 7.73. The topological polar surface area (TPSA) is 42.2 Å². The van der Waals surface area contributed by atoms with Crippen LogP contribution in [0.1, 0.15) is 44.6 Å². The molecule has 0 unspecified atom stereocenters. The molecule has 0 spiro atoms. The number of alkyl halides is 2. The summed E-state index contributed by atoms with van der Waals surface area (Å²) in [6.45, 7) is 2.72. The van der Waals surface area contributed by atoms with Crippen molar-refractivity contribution in [2.24, 2.45) is 5.92 Å². The van der Waals surface area contributed by atoms with Crippen molar-refractivity contribution < 1.29 is 18.3 Å². The summed E-state index contributed by atoms with van der Waals surface area (Å²) in [5.41, 5.74) is 0.421.